The van der Waals surface area contributed by atoms with E-state index < -0.39 is 0 Å². The summed E-state index contributed by atoms with van der Waals surface area (Å²) in [7, 11) is 0. The Labute approximate surface area is 109 Å². The SMILES string of the molecule is CCC[C@H](C)NC(=O)N[C@H]1CCc2ccccc21. The fourth-order valence-corrected chi connectivity index (χ4v) is 2.64. The molecule has 0 radical (unpaired) electrons. The molecule has 0 spiro atoms. The molecule has 1 aromatic rings. The van der Waals surface area contributed by atoms with Crippen molar-refractivity contribution in [2.45, 2.75) is 51.6 Å². The fourth-order valence-electron chi connectivity index (χ4n) is 2.64. The smallest absolute Gasteiger partial charge is 0.315 e. The van der Waals surface area contributed by atoms with Crippen molar-refractivity contribution in [2.24, 2.45) is 0 Å². The lowest BCUT2D eigenvalue weighted by Gasteiger charge is -2.18. The van der Waals surface area contributed by atoms with E-state index in [-0.39, 0.29) is 18.1 Å². The van der Waals surface area contributed by atoms with Crippen molar-refractivity contribution >= 4 is 6.03 Å². The van der Waals surface area contributed by atoms with E-state index in [4.69, 9.17) is 0 Å². The first-order valence-corrected chi connectivity index (χ1v) is 6.85. The Hall–Kier alpha value is -1.51. The molecule has 0 bridgehead atoms. The second kappa shape index (κ2) is 5.89. The number of carbonyl (C=O) groups is 1. The van der Waals surface area contributed by atoms with Gasteiger partial charge in [0.2, 0.25) is 0 Å². The van der Waals surface area contributed by atoms with Crippen LogP contribution in [0.3, 0.4) is 0 Å². The topological polar surface area (TPSA) is 41.1 Å². The van der Waals surface area contributed by atoms with Gasteiger partial charge in [0.1, 0.15) is 0 Å². The van der Waals surface area contributed by atoms with Gasteiger partial charge in [-0.05, 0) is 37.3 Å². The number of aryl methyl sites for hydroxylation is 1. The lowest BCUT2D eigenvalue weighted by Crippen LogP contribution is -2.41. The number of benzene rings is 1. The van der Waals surface area contributed by atoms with Gasteiger partial charge in [-0.25, -0.2) is 4.79 Å². The molecule has 0 heterocycles. The molecule has 1 aromatic carbocycles. The number of fused-ring (bicyclic) bond motifs is 1. The number of urea groups is 1. The summed E-state index contributed by atoms with van der Waals surface area (Å²) in [6.45, 7) is 4.18. The number of carbonyl (C=O) groups excluding carboxylic acids is 1. The molecular weight excluding hydrogens is 224 g/mol. The summed E-state index contributed by atoms with van der Waals surface area (Å²) in [5, 5.41) is 6.06. The molecule has 2 amide bonds. The molecule has 98 valence electrons. The molecule has 0 aromatic heterocycles. The Kier molecular flexibility index (Phi) is 4.24. The molecule has 2 atom stereocenters. The average Bonchev–Trinajstić information content (AvgIpc) is 2.73. The van der Waals surface area contributed by atoms with Crippen LogP contribution in [0.2, 0.25) is 0 Å². The molecule has 2 rings (SSSR count). The zero-order valence-corrected chi connectivity index (χ0v) is 11.2. The van der Waals surface area contributed by atoms with Crippen LogP contribution in [0.1, 0.15) is 50.3 Å². The van der Waals surface area contributed by atoms with Crippen LogP contribution in [0.5, 0.6) is 0 Å². The molecule has 1 aliphatic carbocycles. The molecule has 18 heavy (non-hydrogen) atoms. The van der Waals surface area contributed by atoms with Crippen LogP contribution >= 0.6 is 0 Å². The quantitative estimate of drug-likeness (QED) is 0.841. The van der Waals surface area contributed by atoms with E-state index in [0.29, 0.717) is 0 Å². The van der Waals surface area contributed by atoms with Gasteiger partial charge in [0.15, 0.2) is 0 Å². The van der Waals surface area contributed by atoms with Crippen LogP contribution in [-0.2, 0) is 6.42 Å². The molecule has 0 fully saturated rings. The largest absolute Gasteiger partial charge is 0.336 e. The van der Waals surface area contributed by atoms with Gasteiger partial charge >= 0.3 is 6.03 Å². The highest BCUT2D eigenvalue weighted by Gasteiger charge is 2.23. The van der Waals surface area contributed by atoms with Crippen molar-refractivity contribution in [3.63, 3.8) is 0 Å². The van der Waals surface area contributed by atoms with Crippen molar-refractivity contribution in [1.29, 1.82) is 0 Å². The van der Waals surface area contributed by atoms with Gasteiger partial charge in [-0.15, -0.1) is 0 Å². The van der Waals surface area contributed by atoms with Crippen molar-refractivity contribution in [3.05, 3.63) is 35.4 Å². The normalized spacial score (nSPS) is 19.1. The van der Waals surface area contributed by atoms with Gasteiger partial charge in [0, 0.05) is 6.04 Å². The summed E-state index contributed by atoms with van der Waals surface area (Å²) in [6.07, 6.45) is 4.18. The Balaban J connectivity index is 1.89. The van der Waals surface area contributed by atoms with Crippen LogP contribution in [0.25, 0.3) is 0 Å². The first-order chi connectivity index (χ1) is 8.70. The van der Waals surface area contributed by atoms with E-state index in [0.717, 1.165) is 25.7 Å². The molecule has 0 saturated heterocycles. The van der Waals surface area contributed by atoms with Gasteiger partial charge in [-0.2, -0.15) is 0 Å². The predicted molar refractivity (Wildman–Crippen MR) is 73.5 cm³/mol. The summed E-state index contributed by atoms with van der Waals surface area (Å²) < 4.78 is 0. The molecule has 0 saturated carbocycles. The van der Waals surface area contributed by atoms with Crippen molar-refractivity contribution in [2.75, 3.05) is 0 Å². The van der Waals surface area contributed by atoms with Crippen LogP contribution in [-0.4, -0.2) is 12.1 Å². The zero-order chi connectivity index (χ0) is 13.0. The first-order valence-electron chi connectivity index (χ1n) is 6.85. The number of hydrogen-bond acceptors (Lipinski definition) is 1. The zero-order valence-electron chi connectivity index (χ0n) is 11.2. The third-order valence-electron chi connectivity index (χ3n) is 3.54. The fraction of sp³-hybridized carbons (Fsp3) is 0.533. The van der Waals surface area contributed by atoms with Crippen LogP contribution in [0.15, 0.2) is 24.3 Å². The van der Waals surface area contributed by atoms with Gasteiger partial charge in [0.05, 0.1) is 6.04 Å². The van der Waals surface area contributed by atoms with Crippen molar-refractivity contribution in [3.8, 4) is 0 Å². The monoisotopic (exact) mass is 246 g/mol. The van der Waals surface area contributed by atoms with E-state index in [9.17, 15) is 4.79 Å². The van der Waals surface area contributed by atoms with E-state index in [1.54, 1.807) is 0 Å². The van der Waals surface area contributed by atoms with Crippen LogP contribution < -0.4 is 10.6 Å². The maximum Gasteiger partial charge on any atom is 0.315 e. The Morgan fingerprint density at radius 1 is 1.44 bits per heavy atom. The van der Waals surface area contributed by atoms with E-state index in [2.05, 4.69) is 35.8 Å². The minimum absolute atomic E-state index is 0.0438. The first kappa shape index (κ1) is 12.9. The van der Waals surface area contributed by atoms with Gasteiger partial charge < -0.3 is 10.6 Å². The number of rotatable bonds is 4. The lowest BCUT2D eigenvalue weighted by atomic mass is 10.1. The van der Waals surface area contributed by atoms with Crippen molar-refractivity contribution < 1.29 is 4.79 Å². The minimum Gasteiger partial charge on any atom is -0.336 e. The molecule has 0 aliphatic heterocycles. The Morgan fingerprint density at radius 3 is 3.00 bits per heavy atom. The predicted octanol–water partition coefficient (Wildman–Crippen LogP) is 3.16. The van der Waals surface area contributed by atoms with Gasteiger partial charge in [-0.3, -0.25) is 0 Å². The van der Waals surface area contributed by atoms with E-state index in [1.165, 1.54) is 11.1 Å². The standard InChI is InChI=1S/C15H22N2O/c1-3-6-11(2)16-15(18)17-14-10-9-12-7-4-5-8-13(12)14/h4-5,7-8,11,14H,3,6,9-10H2,1-2H3,(H2,16,17,18)/t11-,14-/m0/s1. The molecular formula is C15H22N2O. The minimum atomic E-state index is -0.0438. The maximum absolute atomic E-state index is 11.9. The van der Waals surface area contributed by atoms with Gasteiger partial charge in [0.25, 0.3) is 0 Å². The Morgan fingerprint density at radius 2 is 2.22 bits per heavy atom. The summed E-state index contributed by atoms with van der Waals surface area (Å²) >= 11 is 0. The summed E-state index contributed by atoms with van der Waals surface area (Å²) in [5.74, 6) is 0. The summed E-state index contributed by atoms with van der Waals surface area (Å²) in [5.41, 5.74) is 2.64. The third-order valence-corrected chi connectivity index (χ3v) is 3.54. The van der Waals surface area contributed by atoms with E-state index in [1.807, 2.05) is 13.0 Å². The number of amides is 2. The molecule has 3 nitrogen and oxygen atoms in total. The summed E-state index contributed by atoms with van der Waals surface area (Å²) in [6, 6.07) is 8.73. The second-order valence-electron chi connectivity index (χ2n) is 5.10. The van der Waals surface area contributed by atoms with E-state index >= 15 is 0 Å². The maximum atomic E-state index is 11.9. The second-order valence-corrected chi connectivity index (χ2v) is 5.10. The highest BCUT2D eigenvalue weighted by atomic mass is 16.2. The highest BCUT2D eigenvalue weighted by molar-refractivity contribution is 5.75. The summed E-state index contributed by atoms with van der Waals surface area (Å²) in [4.78, 5) is 11.9. The number of nitrogens with one attached hydrogen (secondary N) is 2. The average molecular weight is 246 g/mol. The van der Waals surface area contributed by atoms with Crippen LogP contribution in [0, 0.1) is 0 Å². The van der Waals surface area contributed by atoms with Crippen molar-refractivity contribution in [1.82, 2.24) is 10.6 Å². The number of hydrogen-bond donors (Lipinski definition) is 2. The third kappa shape index (κ3) is 3.03. The Bertz CT molecular complexity index is 417. The molecule has 3 heteroatoms. The molecule has 2 N–H and O–H groups in total. The molecule has 1 aliphatic rings. The highest BCUT2D eigenvalue weighted by Crippen LogP contribution is 2.30. The van der Waals surface area contributed by atoms with Crippen LogP contribution in [0.4, 0.5) is 4.79 Å². The molecule has 0 unspecified atom stereocenters. The lowest BCUT2D eigenvalue weighted by molar-refractivity contribution is 0.233. The van der Waals surface area contributed by atoms with Gasteiger partial charge in [-0.1, -0.05) is 37.6 Å².